The number of aromatic nitrogens is 3. The summed E-state index contributed by atoms with van der Waals surface area (Å²) in [5.41, 5.74) is 1.97. The zero-order valence-corrected chi connectivity index (χ0v) is 14.3. The molecule has 1 amide bonds. The number of carbonyl (C=O) groups is 1. The van der Waals surface area contributed by atoms with Gasteiger partial charge in [0.25, 0.3) is 5.91 Å². The fraction of sp³-hybridized carbons (Fsp3) is 0.400. The summed E-state index contributed by atoms with van der Waals surface area (Å²) in [6, 6.07) is 7.34. The summed E-state index contributed by atoms with van der Waals surface area (Å²) in [5.74, 6) is 0.342. The second kappa shape index (κ2) is 7.77. The zero-order valence-electron chi connectivity index (χ0n) is 12.8. The second-order valence-electron chi connectivity index (χ2n) is 5.36. The summed E-state index contributed by atoms with van der Waals surface area (Å²) in [7, 11) is 0. The van der Waals surface area contributed by atoms with Gasteiger partial charge in [0.05, 0.1) is 11.4 Å². The van der Waals surface area contributed by atoms with Crippen LogP contribution in [0.1, 0.15) is 23.1 Å². The van der Waals surface area contributed by atoms with Crippen molar-refractivity contribution in [3.63, 3.8) is 0 Å². The van der Waals surface area contributed by atoms with Crippen LogP contribution in [0, 0.1) is 5.92 Å². The molecule has 2 N–H and O–H groups in total. The normalized spacial score (nSPS) is 14.0. The van der Waals surface area contributed by atoms with E-state index in [9.17, 15) is 4.79 Å². The van der Waals surface area contributed by atoms with Gasteiger partial charge in [-0.1, -0.05) is 29.8 Å². The van der Waals surface area contributed by atoms with Crippen molar-refractivity contribution >= 4 is 29.9 Å². The van der Waals surface area contributed by atoms with Gasteiger partial charge in [0, 0.05) is 30.6 Å². The molecule has 3 rings (SSSR count). The van der Waals surface area contributed by atoms with Crippen molar-refractivity contribution in [2.45, 2.75) is 13.3 Å². The molecule has 2 aromatic rings. The van der Waals surface area contributed by atoms with Crippen molar-refractivity contribution in [3.8, 4) is 5.69 Å². The molecule has 8 heteroatoms. The smallest absolute Gasteiger partial charge is 0.273 e. The molecule has 1 aliphatic rings. The molecule has 0 atom stereocenters. The number of rotatable bonds is 5. The van der Waals surface area contributed by atoms with E-state index in [2.05, 4.69) is 20.9 Å². The highest BCUT2D eigenvalue weighted by Crippen LogP contribution is 2.17. The highest BCUT2D eigenvalue weighted by atomic mass is 35.5. The number of amides is 1. The van der Waals surface area contributed by atoms with E-state index in [1.807, 2.05) is 19.1 Å². The van der Waals surface area contributed by atoms with Gasteiger partial charge >= 0.3 is 0 Å². The average Bonchev–Trinajstić information content (AvgIpc) is 2.89. The van der Waals surface area contributed by atoms with E-state index in [1.165, 1.54) is 0 Å². The largest absolute Gasteiger partial charge is 0.350 e. The summed E-state index contributed by atoms with van der Waals surface area (Å²) in [5, 5.41) is 14.9. The van der Waals surface area contributed by atoms with Crippen molar-refractivity contribution in [1.82, 2.24) is 25.6 Å². The summed E-state index contributed by atoms with van der Waals surface area (Å²) >= 11 is 6.02. The number of nitrogens with one attached hydrogen (secondary N) is 2. The Balaban J connectivity index is 0.00000192. The lowest BCUT2D eigenvalue weighted by Gasteiger charge is -2.26. The van der Waals surface area contributed by atoms with E-state index in [1.54, 1.807) is 16.8 Å². The molecular weight excluding hydrogens is 337 g/mol. The molecule has 0 spiro atoms. The number of hydrogen-bond donors (Lipinski definition) is 2. The lowest BCUT2D eigenvalue weighted by molar-refractivity contribution is 0.0936. The van der Waals surface area contributed by atoms with Crippen LogP contribution in [0.15, 0.2) is 24.3 Å². The minimum absolute atomic E-state index is 0. The molecule has 0 aliphatic carbocycles. The number of carbonyl (C=O) groups excluding carboxylic acids is 1. The summed E-state index contributed by atoms with van der Waals surface area (Å²) in [6.45, 7) is 4.55. The van der Waals surface area contributed by atoms with E-state index >= 15 is 0 Å². The van der Waals surface area contributed by atoms with Gasteiger partial charge in [0.1, 0.15) is 0 Å². The molecule has 0 radical (unpaired) electrons. The van der Waals surface area contributed by atoms with E-state index in [0.717, 1.165) is 24.5 Å². The van der Waals surface area contributed by atoms with Gasteiger partial charge < -0.3 is 10.6 Å². The molecule has 1 aromatic heterocycles. The molecule has 0 unspecified atom stereocenters. The van der Waals surface area contributed by atoms with Gasteiger partial charge in [-0.2, -0.15) is 0 Å². The third kappa shape index (κ3) is 3.83. The van der Waals surface area contributed by atoms with Crippen LogP contribution < -0.4 is 10.6 Å². The van der Waals surface area contributed by atoms with Crippen molar-refractivity contribution in [2.75, 3.05) is 19.6 Å². The number of benzene rings is 1. The zero-order chi connectivity index (χ0) is 15.5. The molecule has 0 bridgehead atoms. The maximum atomic E-state index is 12.3. The van der Waals surface area contributed by atoms with Gasteiger partial charge in [0.15, 0.2) is 5.69 Å². The van der Waals surface area contributed by atoms with Crippen LogP contribution in [0.3, 0.4) is 0 Å². The fourth-order valence-electron chi connectivity index (χ4n) is 2.42. The maximum Gasteiger partial charge on any atom is 0.273 e. The third-order valence-electron chi connectivity index (χ3n) is 3.78. The van der Waals surface area contributed by atoms with Gasteiger partial charge in [-0.25, -0.2) is 4.68 Å². The first-order valence-corrected chi connectivity index (χ1v) is 7.76. The SMILES string of the molecule is CCc1c(C(=O)NCC2CNC2)nnn1-c1cccc(Cl)c1.Cl. The molecule has 1 fully saturated rings. The number of halogens is 2. The molecule has 124 valence electrons. The number of hydrogen-bond acceptors (Lipinski definition) is 4. The highest BCUT2D eigenvalue weighted by molar-refractivity contribution is 6.30. The minimum atomic E-state index is -0.169. The summed E-state index contributed by atoms with van der Waals surface area (Å²) in [4.78, 5) is 12.3. The molecule has 1 aromatic carbocycles. The van der Waals surface area contributed by atoms with Crippen molar-refractivity contribution in [2.24, 2.45) is 5.92 Å². The Labute approximate surface area is 146 Å². The van der Waals surface area contributed by atoms with Gasteiger partial charge in [-0.15, -0.1) is 17.5 Å². The summed E-state index contributed by atoms with van der Waals surface area (Å²) < 4.78 is 1.67. The first-order valence-electron chi connectivity index (χ1n) is 7.38. The Bertz CT molecular complexity index is 684. The Morgan fingerprint density at radius 3 is 2.87 bits per heavy atom. The van der Waals surface area contributed by atoms with Gasteiger partial charge in [-0.3, -0.25) is 4.79 Å². The third-order valence-corrected chi connectivity index (χ3v) is 4.02. The van der Waals surface area contributed by atoms with Crippen molar-refractivity contribution in [1.29, 1.82) is 0 Å². The first-order chi connectivity index (χ1) is 10.7. The lowest BCUT2D eigenvalue weighted by Crippen LogP contribution is -2.48. The molecule has 23 heavy (non-hydrogen) atoms. The van der Waals surface area contributed by atoms with Crippen molar-refractivity contribution in [3.05, 3.63) is 40.7 Å². The van der Waals surface area contributed by atoms with Crippen LogP contribution in [0.4, 0.5) is 0 Å². The predicted octanol–water partition coefficient (Wildman–Crippen LogP) is 1.85. The topological polar surface area (TPSA) is 71.8 Å². The Morgan fingerprint density at radius 1 is 1.48 bits per heavy atom. The molecular formula is C15H19Cl2N5O. The standard InChI is InChI=1S/C15H18ClN5O.ClH/c1-2-13-14(15(22)18-9-10-7-17-8-10)19-20-21(13)12-5-3-4-11(16)6-12;/h3-6,10,17H,2,7-9H2,1H3,(H,18,22);1H. The first kappa shape index (κ1) is 17.7. The van der Waals surface area contributed by atoms with Crippen LogP contribution >= 0.6 is 24.0 Å². The van der Waals surface area contributed by atoms with Crippen LogP contribution in [-0.2, 0) is 6.42 Å². The van der Waals surface area contributed by atoms with Crippen LogP contribution in [0.5, 0.6) is 0 Å². The van der Waals surface area contributed by atoms with Gasteiger partial charge in [-0.05, 0) is 24.6 Å². The number of nitrogens with zero attached hydrogens (tertiary/aromatic N) is 3. The van der Waals surface area contributed by atoms with Crippen molar-refractivity contribution < 1.29 is 4.79 Å². The molecule has 0 saturated carbocycles. The maximum absolute atomic E-state index is 12.3. The fourth-order valence-corrected chi connectivity index (χ4v) is 2.61. The molecule has 2 heterocycles. The predicted molar refractivity (Wildman–Crippen MR) is 91.7 cm³/mol. The van der Waals surface area contributed by atoms with Crippen LogP contribution in [0.25, 0.3) is 5.69 Å². The van der Waals surface area contributed by atoms with E-state index < -0.39 is 0 Å². The summed E-state index contributed by atoms with van der Waals surface area (Å²) in [6.07, 6.45) is 0.660. The minimum Gasteiger partial charge on any atom is -0.350 e. The van der Waals surface area contributed by atoms with E-state index in [0.29, 0.717) is 29.6 Å². The van der Waals surface area contributed by atoms with E-state index in [-0.39, 0.29) is 18.3 Å². The quantitative estimate of drug-likeness (QED) is 0.858. The molecule has 1 saturated heterocycles. The second-order valence-corrected chi connectivity index (χ2v) is 5.80. The Morgan fingerprint density at radius 2 is 2.26 bits per heavy atom. The Kier molecular flexibility index (Phi) is 5.98. The van der Waals surface area contributed by atoms with Crippen LogP contribution in [-0.4, -0.2) is 40.5 Å². The monoisotopic (exact) mass is 355 g/mol. The Hall–Kier alpha value is -1.63. The van der Waals surface area contributed by atoms with Gasteiger partial charge in [0.2, 0.25) is 0 Å². The van der Waals surface area contributed by atoms with E-state index in [4.69, 9.17) is 11.6 Å². The molecule has 6 nitrogen and oxygen atoms in total. The average molecular weight is 356 g/mol. The lowest BCUT2D eigenvalue weighted by atomic mass is 10.0. The molecule has 1 aliphatic heterocycles. The highest BCUT2D eigenvalue weighted by Gasteiger charge is 2.22. The van der Waals surface area contributed by atoms with Crippen LogP contribution in [0.2, 0.25) is 5.02 Å².